The van der Waals surface area contributed by atoms with Crippen LogP contribution in [0.2, 0.25) is 0 Å². The molecule has 0 unspecified atom stereocenters. The van der Waals surface area contributed by atoms with Crippen LogP contribution in [-0.2, 0) is 4.74 Å². The summed E-state index contributed by atoms with van der Waals surface area (Å²) >= 11 is 0. The maximum atomic E-state index is 5.58. The number of para-hydroxylation sites is 1. The summed E-state index contributed by atoms with van der Waals surface area (Å²) in [6, 6.07) is 9.48. The van der Waals surface area contributed by atoms with Crippen molar-refractivity contribution in [2.75, 3.05) is 7.05 Å². The summed E-state index contributed by atoms with van der Waals surface area (Å²) in [6.45, 7) is 0. The molecule has 0 atom stereocenters. The summed E-state index contributed by atoms with van der Waals surface area (Å²) in [5.41, 5.74) is 0. The van der Waals surface area contributed by atoms with Crippen molar-refractivity contribution in [3.8, 4) is 5.75 Å². The van der Waals surface area contributed by atoms with Crippen molar-refractivity contribution in [2.24, 2.45) is 4.99 Å². The summed E-state index contributed by atoms with van der Waals surface area (Å²) in [7, 11) is 1.65. The van der Waals surface area contributed by atoms with Crippen molar-refractivity contribution in [3.63, 3.8) is 0 Å². The van der Waals surface area contributed by atoms with Crippen LogP contribution in [-0.4, -0.2) is 13.1 Å². The Balaban J connectivity index is 1.98. The van der Waals surface area contributed by atoms with Crippen LogP contribution in [0.25, 0.3) is 0 Å². The van der Waals surface area contributed by atoms with Gasteiger partial charge >= 0.3 is 6.08 Å². The molecule has 3 heteroatoms. The van der Waals surface area contributed by atoms with Gasteiger partial charge in [0.2, 0.25) is 0 Å². The molecule has 0 heterocycles. The maximum absolute atomic E-state index is 5.58. The second-order valence-corrected chi connectivity index (χ2v) is 3.61. The Kier molecular flexibility index (Phi) is 3.97. The van der Waals surface area contributed by atoms with Gasteiger partial charge in [-0.2, -0.15) is 0 Å². The molecule has 0 aromatic heterocycles. The molecule has 2 rings (SSSR count). The largest absolute Gasteiger partial charge is 0.416 e. The van der Waals surface area contributed by atoms with Crippen LogP contribution in [0.3, 0.4) is 0 Å². The van der Waals surface area contributed by atoms with E-state index in [1.165, 1.54) is 0 Å². The molecular formula is C14H15NO2. The van der Waals surface area contributed by atoms with E-state index in [-0.39, 0.29) is 6.08 Å². The van der Waals surface area contributed by atoms with Crippen molar-refractivity contribution in [1.29, 1.82) is 0 Å². The third kappa shape index (κ3) is 3.48. The van der Waals surface area contributed by atoms with Crippen LogP contribution in [0, 0.1) is 0 Å². The molecule has 0 amide bonds. The Labute approximate surface area is 101 Å². The van der Waals surface area contributed by atoms with Gasteiger partial charge in [-0.15, -0.1) is 0 Å². The lowest BCUT2D eigenvalue weighted by atomic mass is 10.2. The second-order valence-electron chi connectivity index (χ2n) is 3.61. The van der Waals surface area contributed by atoms with Gasteiger partial charge in [0.15, 0.2) is 0 Å². The topological polar surface area (TPSA) is 30.8 Å². The maximum Gasteiger partial charge on any atom is 0.394 e. The highest BCUT2D eigenvalue weighted by Crippen LogP contribution is 2.15. The van der Waals surface area contributed by atoms with E-state index in [1.54, 1.807) is 7.05 Å². The van der Waals surface area contributed by atoms with Gasteiger partial charge in [0.1, 0.15) is 11.5 Å². The Morgan fingerprint density at radius 3 is 2.65 bits per heavy atom. The van der Waals surface area contributed by atoms with Crippen LogP contribution in [0.4, 0.5) is 0 Å². The van der Waals surface area contributed by atoms with Gasteiger partial charge in [0.25, 0.3) is 0 Å². The lowest BCUT2D eigenvalue weighted by Gasteiger charge is -2.12. The minimum absolute atomic E-state index is 0.276. The molecule has 0 N–H and O–H groups in total. The normalized spacial score (nSPS) is 15.4. The smallest absolute Gasteiger partial charge is 0.394 e. The number of aliphatic imine (C=N–C) groups is 1. The SMILES string of the molecule is CN=C(OC1=CC=CCC1)Oc1ccccc1. The number of allylic oxidation sites excluding steroid dienone is 4. The van der Waals surface area contributed by atoms with Crippen molar-refractivity contribution >= 4 is 6.08 Å². The number of ether oxygens (including phenoxy) is 2. The number of rotatable bonds is 2. The Bertz CT molecular complexity index is 447. The quantitative estimate of drug-likeness (QED) is 0.575. The fourth-order valence-corrected chi connectivity index (χ4v) is 1.48. The molecular weight excluding hydrogens is 214 g/mol. The predicted octanol–water partition coefficient (Wildman–Crippen LogP) is 3.30. The molecule has 0 fully saturated rings. The number of nitrogens with zero attached hydrogens (tertiary/aromatic N) is 1. The van der Waals surface area contributed by atoms with Crippen molar-refractivity contribution < 1.29 is 9.47 Å². The van der Waals surface area contributed by atoms with Gasteiger partial charge in [0, 0.05) is 13.5 Å². The predicted molar refractivity (Wildman–Crippen MR) is 68.0 cm³/mol. The minimum Gasteiger partial charge on any atom is -0.416 e. The molecule has 1 aromatic rings. The number of hydrogen-bond donors (Lipinski definition) is 0. The molecule has 0 saturated heterocycles. The zero-order chi connectivity index (χ0) is 11.9. The molecule has 0 radical (unpaired) electrons. The second kappa shape index (κ2) is 5.89. The first kappa shape index (κ1) is 11.5. The third-order valence-corrected chi connectivity index (χ3v) is 2.32. The fourth-order valence-electron chi connectivity index (χ4n) is 1.48. The summed E-state index contributed by atoms with van der Waals surface area (Å²) in [6.07, 6.45) is 8.17. The van der Waals surface area contributed by atoms with Crippen LogP contribution < -0.4 is 4.74 Å². The van der Waals surface area contributed by atoms with E-state index in [2.05, 4.69) is 11.1 Å². The minimum atomic E-state index is 0.276. The first-order chi connectivity index (χ1) is 8.38. The van der Waals surface area contributed by atoms with Crippen LogP contribution in [0.1, 0.15) is 12.8 Å². The van der Waals surface area contributed by atoms with Crippen LogP contribution in [0.5, 0.6) is 5.75 Å². The molecule has 1 aliphatic carbocycles. The van der Waals surface area contributed by atoms with Crippen molar-refractivity contribution in [1.82, 2.24) is 0 Å². The fraction of sp³-hybridized carbons (Fsp3) is 0.214. The molecule has 3 nitrogen and oxygen atoms in total. The van der Waals surface area contributed by atoms with Gasteiger partial charge in [-0.3, -0.25) is 0 Å². The van der Waals surface area contributed by atoms with Gasteiger partial charge in [0.05, 0.1) is 0 Å². The molecule has 0 saturated carbocycles. The van der Waals surface area contributed by atoms with Crippen LogP contribution >= 0.6 is 0 Å². The monoisotopic (exact) mass is 229 g/mol. The van der Waals surface area contributed by atoms with E-state index >= 15 is 0 Å². The Morgan fingerprint density at radius 2 is 2.00 bits per heavy atom. The lowest BCUT2D eigenvalue weighted by molar-refractivity contribution is 0.297. The highest BCUT2D eigenvalue weighted by atomic mass is 16.7. The highest BCUT2D eigenvalue weighted by molar-refractivity contribution is 5.71. The summed E-state index contributed by atoms with van der Waals surface area (Å²) < 4.78 is 11.1. The summed E-state index contributed by atoms with van der Waals surface area (Å²) in [5, 5.41) is 0. The average Bonchev–Trinajstić information content (AvgIpc) is 2.40. The molecule has 1 aromatic carbocycles. The van der Waals surface area contributed by atoms with Gasteiger partial charge in [-0.05, 0) is 24.6 Å². The Hall–Kier alpha value is -2.03. The van der Waals surface area contributed by atoms with E-state index in [0.29, 0.717) is 0 Å². The zero-order valence-corrected chi connectivity index (χ0v) is 9.80. The average molecular weight is 229 g/mol. The molecule has 0 bridgehead atoms. The first-order valence-corrected chi connectivity index (χ1v) is 5.62. The molecule has 0 spiro atoms. The summed E-state index contributed by atoms with van der Waals surface area (Å²) in [4.78, 5) is 3.98. The van der Waals surface area contributed by atoms with E-state index in [9.17, 15) is 0 Å². The first-order valence-electron chi connectivity index (χ1n) is 5.62. The third-order valence-electron chi connectivity index (χ3n) is 2.32. The van der Waals surface area contributed by atoms with Crippen molar-refractivity contribution in [3.05, 3.63) is 54.3 Å². The van der Waals surface area contributed by atoms with E-state index in [4.69, 9.17) is 9.47 Å². The Morgan fingerprint density at radius 1 is 1.18 bits per heavy atom. The van der Waals surface area contributed by atoms with Gasteiger partial charge in [-0.1, -0.05) is 30.4 Å². The van der Waals surface area contributed by atoms with Crippen molar-refractivity contribution in [2.45, 2.75) is 12.8 Å². The van der Waals surface area contributed by atoms with Crippen LogP contribution in [0.15, 0.2) is 59.3 Å². The molecule has 88 valence electrons. The van der Waals surface area contributed by atoms with Gasteiger partial charge < -0.3 is 9.47 Å². The van der Waals surface area contributed by atoms with Gasteiger partial charge in [-0.25, -0.2) is 4.99 Å². The molecule has 17 heavy (non-hydrogen) atoms. The zero-order valence-electron chi connectivity index (χ0n) is 9.80. The van der Waals surface area contributed by atoms with E-state index < -0.39 is 0 Å². The number of benzene rings is 1. The number of hydrogen-bond acceptors (Lipinski definition) is 3. The summed E-state index contributed by atoms with van der Waals surface area (Å²) in [5.74, 6) is 1.60. The van der Waals surface area contributed by atoms with E-state index in [1.807, 2.05) is 42.5 Å². The molecule has 1 aliphatic rings. The molecule has 0 aliphatic heterocycles. The van der Waals surface area contributed by atoms with E-state index in [0.717, 1.165) is 24.4 Å². The standard InChI is InChI=1S/C14H15NO2/c1-15-14(16-12-8-4-2-5-9-12)17-13-10-6-3-7-11-13/h2-6,8-10H,7,11H2,1H3. The highest BCUT2D eigenvalue weighted by Gasteiger charge is 2.08. The lowest BCUT2D eigenvalue weighted by Crippen LogP contribution is -2.13.